The highest BCUT2D eigenvalue weighted by Crippen LogP contribution is 2.35. The number of aromatic nitrogens is 4. The summed E-state index contributed by atoms with van der Waals surface area (Å²) in [4.78, 5) is 0. The maximum atomic E-state index is 6.23. The maximum Gasteiger partial charge on any atom is 0.129 e. The highest BCUT2D eigenvalue weighted by atomic mass is 15.3. The molecule has 2 heterocycles. The fourth-order valence-corrected chi connectivity index (χ4v) is 2.44. The Morgan fingerprint density at radius 2 is 1.76 bits per heavy atom. The van der Waals surface area contributed by atoms with Crippen LogP contribution >= 0.6 is 0 Å². The molecule has 0 atom stereocenters. The summed E-state index contributed by atoms with van der Waals surface area (Å²) in [5, 5.41) is 8.98. The van der Waals surface area contributed by atoms with Crippen LogP contribution in [0.3, 0.4) is 0 Å². The van der Waals surface area contributed by atoms with Crippen LogP contribution in [-0.2, 0) is 14.1 Å². The number of hydrogen-bond acceptors (Lipinski definition) is 3. The van der Waals surface area contributed by atoms with Crippen molar-refractivity contribution in [2.45, 2.75) is 13.8 Å². The van der Waals surface area contributed by atoms with Crippen LogP contribution in [0.1, 0.15) is 11.1 Å². The van der Waals surface area contributed by atoms with Gasteiger partial charge in [0.2, 0.25) is 0 Å². The third-order valence-electron chi connectivity index (χ3n) is 3.84. The smallest absolute Gasteiger partial charge is 0.129 e. The van der Waals surface area contributed by atoms with E-state index >= 15 is 0 Å². The third-order valence-corrected chi connectivity index (χ3v) is 3.84. The molecule has 0 aliphatic heterocycles. The van der Waals surface area contributed by atoms with E-state index in [0.717, 1.165) is 22.5 Å². The van der Waals surface area contributed by atoms with Gasteiger partial charge in [-0.25, -0.2) is 0 Å². The van der Waals surface area contributed by atoms with Crippen molar-refractivity contribution in [2.75, 3.05) is 5.73 Å². The topological polar surface area (TPSA) is 61.7 Å². The average Bonchev–Trinajstić information content (AvgIpc) is 2.99. The Balaban J connectivity index is 2.24. The van der Waals surface area contributed by atoms with Crippen molar-refractivity contribution in [3.05, 3.63) is 41.6 Å². The zero-order valence-electron chi connectivity index (χ0n) is 12.8. The first-order valence-electron chi connectivity index (χ1n) is 6.87. The standard InChI is InChI=1S/C16H19N5/c1-10-5-6-12(9-11(10)2)14-15(19-21(4)16(14)17)13-7-8-20(3)18-13/h5-9H,17H2,1-4H3. The van der Waals surface area contributed by atoms with E-state index < -0.39 is 0 Å². The highest BCUT2D eigenvalue weighted by Gasteiger charge is 2.19. The lowest BCUT2D eigenvalue weighted by Crippen LogP contribution is -1.98. The van der Waals surface area contributed by atoms with Crippen molar-refractivity contribution in [1.82, 2.24) is 19.6 Å². The maximum absolute atomic E-state index is 6.23. The minimum Gasteiger partial charge on any atom is -0.383 e. The Bertz CT molecular complexity index is 810. The predicted octanol–water partition coefficient (Wildman–Crippen LogP) is 2.69. The number of nitrogen functional groups attached to an aromatic ring is 1. The van der Waals surface area contributed by atoms with Gasteiger partial charge in [0.05, 0.1) is 5.56 Å². The monoisotopic (exact) mass is 281 g/mol. The molecule has 0 saturated carbocycles. The molecule has 0 bridgehead atoms. The molecule has 21 heavy (non-hydrogen) atoms. The first-order valence-corrected chi connectivity index (χ1v) is 6.87. The SMILES string of the molecule is Cc1ccc(-c2c(-c3ccn(C)n3)nn(C)c2N)cc1C. The van der Waals surface area contributed by atoms with Gasteiger partial charge in [-0.05, 0) is 36.6 Å². The van der Waals surface area contributed by atoms with Gasteiger partial charge < -0.3 is 5.73 Å². The number of rotatable bonds is 2. The number of benzene rings is 1. The van der Waals surface area contributed by atoms with Crippen LogP contribution in [0.5, 0.6) is 0 Å². The second-order valence-electron chi connectivity index (χ2n) is 5.41. The Labute approximate surface area is 124 Å². The molecule has 0 radical (unpaired) electrons. The van der Waals surface area contributed by atoms with Crippen LogP contribution in [0.15, 0.2) is 30.5 Å². The summed E-state index contributed by atoms with van der Waals surface area (Å²) in [7, 11) is 3.75. The highest BCUT2D eigenvalue weighted by molar-refractivity contribution is 5.87. The van der Waals surface area contributed by atoms with Crippen LogP contribution < -0.4 is 5.73 Å². The molecule has 0 fully saturated rings. The van der Waals surface area contributed by atoms with Crippen LogP contribution in [0, 0.1) is 13.8 Å². The molecule has 0 amide bonds. The number of aryl methyl sites for hydroxylation is 4. The van der Waals surface area contributed by atoms with Crippen molar-refractivity contribution in [1.29, 1.82) is 0 Å². The molecular formula is C16H19N5. The van der Waals surface area contributed by atoms with Crippen molar-refractivity contribution in [2.24, 2.45) is 14.1 Å². The molecule has 5 heteroatoms. The lowest BCUT2D eigenvalue weighted by Gasteiger charge is -2.06. The third kappa shape index (κ3) is 2.20. The number of nitrogens with zero attached hydrogens (tertiary/aromatic N) is 4. The van der Waals surface area contributed by atoms with Gasteiger partial charge in [-0.1, -0.05) is 18.2 Å². The Kier molecular flexibility index (Phi) is 3.05. The quantitative estimate of drug-likeness (QED) is 0.785. The molecule has 0 aliphatic rings. The zero-order valence-corrected chi connectivity index (χ0v) is 12.8. The summed E-state index contributed by atoms with van der Waals surface area (Å²) in [6.07, 6.45) is 1.91. The van der Waals surface area contributed by atoms with Crippen LogP contribution in [0.4, 0.5) is 5.82 Å². The summed E-state index contributed by atoms with van der Waals surface area (Å²) in [5.41, 5.74) is 12.4. The van der Waals surface area contributed by atoms with E-state index in [9.17, 15) is 0 Å². The summed E-state index contributed by atoms with van der Waals surface area (Å²) < 4.78 is 3.47. The van der Waals surface area contributed by atoms with E-state index in [1.54, 1.807) is 9.36 Å². The van der Waals surface area contributed by atoms with Gasteiger partial charge in [0, 0.05) is 20.3 Å². The molecule has 0 unspecified atom stereocenters. The van der Waals surface area contributed by atoms with Crippen LogP contribution in [-0.4, -0.2) is 19.6 Å². The largest absolute Gasteiger partial charge is 0.383 e. The van der Waals surface area contributed by atoms with Gasteiger partial charge >= 0.3 is 0 Å². The fraction of sp³-hybridized carbons (Fsp3) is 0.250. The Hall–Kier alpha value is -2.56. The molecule has 108 valence electrons. The van der Waals surface area contributed by atoms with Gasteiger partial charge in [0.25, 0.3) is 0 Å². The first-order chi connectivity index (χ1) is 9.97. The minimum absolute atomic E-state index is 0.652. The number of hydrogen-bond donors (Lipinski definition) is 1. The van der Waals surface area contributed by atoms with Gasteiger partial charge in [0.1, 0.15) is 17.2 Å². The molecule has 3 aromatic rings. The van der Waals surface area contributed by atoms with Crippen molar-refractivity contribution in [3.8, 4) is 22.5 Å². The Morgan fingerprint density at radius 1 is 1.00 bits per heavy atom. The van der Waals surface area contributed by atoms with Gasteiger partial charge in [-0.3, -0.25) is 9.36 Å². The number of nitrogens with two attached hydrogens (primary N) is 1. The van der Waals surface area contributed by atoms with E-state index in [0.29, 0.717) is 5.82 Å². The van der Waals surface area contributed by atoms with Gasteiger partial charge in [0.15, 0.2) is 0 Å². The minimum atomic E-state index is 0.652. The molecule has 2 N–H and O–H groups in total. The van der Waals surface area contributed by atoms with Crippen LogP contribution in [0.2, 0.25) is 0 Å². The Morgan fingerprint density at radius 3 is 2.38 bits per heavy atom. The summed E-state index contributed by atoms with van der Waals surface area (Å²) in [6.45, 7) is 4.21. The van der Waals surface area contributed by atoms with E-state index in [-0.39, 0.29) is 0 Å². The summed E-state index contributed by atoms with van der Waals surface area (Å²) in [6, 6.07) is 8.29. The predicted molar refractivity (Wildman–Crippen MR) is 84.7 cm³/mol. The van der Waals surface area contributed by atoms with E-state index in [1.165, 1.54) is 11.1 Å². The molecule has 0 aliphatic carbocycles. The van der Waals surface area contributed by atoms with E-state index in [4.69, 9.17) is 5.73 Å². The second kappa shape index (κ2) is 4.77. The second-order valence-corrected chi connectivity index (χ2v) is 5.41. The van der Waals surface area contributed by atoms with E-state index in [1.807, 2.05) is 26.4 Å². The normalized spacial score (nSPS) is 11.0. The lowest BCUT2D eigenvalue weighted by molar-refractivity contribution is 0.760. The van der Waals surface area contributed by atoms with Crippen molar-refractivity contribution in [3.63, 3.8) is 0 Å². The molecule has 3 rings (SSSR count). The van der Waals surface area contributed by atoms with Gasteiger partial charge in [-0.2, -0.15) is 10.2 Å². The molecule has 0 saturated heterocycles. The lowest BCUT2D eigenvalue weighted by atomic mass is 9.99. The summed E-state index contributed by atoms with van der Waals surface area (Å²) >= 11 is 0. The number of anilines is 1. The first kappa shape index (κ1) is 13.4. The zero-order chi connectivity index (χ0) is 15.1. The van der Waals surface area contributed by atoms with Gasteiger partial charge in [-0.15, -0.1) is 0 Å². The molecule has 5 nitrogen and oxygen atoms in total. The average molecular weight is 281 g/mol. The van der Waals surface area contributed by atoms with Crippen molar-refractivity contribution < 1.29 is 0 Å². The van der Waals surface area contributed by atoms with Crippen LogP contribution in [0.25, 0.3) is 22.5 Å². The van der Waals surface area contributed by atoms with Crippen molar-refractivity contribution >= 4 is 5.82 Å². The molecule has 0 spiro atoms. The van der Waals surface area contributed by atoms with E-state index in [2.05, 4.69) is 42.2 Å². The molecular weight excluding hydrogens is 262 g/mol. The fourth-order valence-electron chi connectivity index (χ4n) is 2.44. The molecule has 2 aromatic heterocycles. The molecule has 1 aromatic carbocycles. The summed E-state index contributed by atoms with van der Waals surface area (Å²) in [5.74, 6) is 0.652.